The molecule has 3 heterocycles. The summed E-state index contributed by atoms with van der Waals surface area (Å²) in [6, 6.07) is 0. The number of carbonyl (C=O) groups is 3. The number of ether oxygens (including phenoxy) is 4. The van der Waals surface area contributed by atoms with Gasteiger partial charge in [0.05, 0.1) is 12.0 Å². The largest absolute Gasteiger partial charge is 0.461 e. The maximum atomic E-state index is 12.8. The van der Waals surface area contributed by atoms with Crippen LogP contribution in [0.25, 0.3) is 0 Å². The van der Waals surface area contributed by atoms with Crippen molar-refractivity contribution in [2.24, 2.45) is 16.2 Å². The Bertz CT molecular complexity index is 665. The molecule has 1 saturated carbocycles. The molecule has 4 aliphatic rings. The topological polar surface area (TPSA) is 108 Å². The fourth-order valence-corrected chi connectivity index (χ4v) is 5.68. The molecule has 3 aliphatic heterocycles. The van der Waals surface area contributed by atoms with Gasteiger partial charge in [0.25, 0.3) is 6.29 Å². The van der Waals surface area contributed by atoms with Crippen molar-refractivity contribution < 1.29 is 38.4 Å². The molecular weight excluding hydrogens is 320 g/mol. The lowest BCUT2D eigenvalue weighted by Gasteiger charge is -2.52. The number of esters is 3. The van der Waals surface area contributed by atoms with Crippen molar-refractivity contribution in [3.8, 4) is 0 Å². The van der Waals surface area contributed by atoms with Crippen LogP contribution in [-0.2, 0) is 33.3 Å². The second-order valence-corrected chi connectivity index (χ2v) is 8.06. The maximum absolute atomic E-state index is 12.8. The number of carbonyl (C=O) groups excluding carboxylic acids is 3. The van der Waals surface area contributed by atoms with Gasteiger partial charge >= 0.3 is 17.9 Å². The molecule has 1 aliphatic carbocycles. The minimum atomic E-state index is -1.65. The lowest BCUT2D eigenvalue weighted by Crippen LogP contribution is -2.66. The molecule has 2 spiro atoms. The van der Waals surface area contributed by atoms with Gasteiger partial charge in [0.2, 0.25) is 0 Å². The zero-order valence-corrected chi connectivity index (χ0v) is 14.0. The van der Waals surface area contributed by atoms with E-state index in [1.807, 2.05) is 20.8 Å². The molecule has 4 rings (SSSR count). The molecule has 8 heteroatoms. The van der Waals surface area contributed by atoms with Crippen LogP contribution in [0.4, 0.5) is 0 Å². The number of rotatable bonds is 1. The van der Waals surface area contributed by atoms with Crippen molar-refractivity contribution in [3.63, 3.8) is 0 Å². The van der Waals surface area contributed by atoms with E-state index in [9.17, 15) is 19.5 Å². The summed E-state index contributed by atoms with van der Waals surface area (Å²) in [6.07, 6.45) is -3.86. The van der Waals surface area contributed by atoms with Gasteiger partial charge in [-0.3, -0.25) is 9.59 Å². The van der Waals surface area contributed by atoms with Crippen molar-refractivity contribution in [3.05, 3.63) is 0 Å². The molecule has 4 fully saturated rings. The second kappa shape index (κ2) is 4.11. The molecule has 1 N–H and O–H groups in total. The highest BCUT2D eigenvalue weighted by atomic mass is 16.7. The van der Waals surface area contributed by atoms with Crippen LogP contribution < -0.4 is 0 Å². The van der Waals surface area contributed by atoms with Crippen LogP contribution in [0.1, 0.15) is 33.6 Å². The fourth-order valence-electron chi connectivity index (χ4n) is 5.68. The van der Waals surface area contributed by atoms with Crippen molar-refractivity contribution in [2.75, 3.05) is 7.11 Å². The van der Waals surface area contributed by atoms with E-state index >= 15 is 0 Å². The van der Waals surface area contributed by atoms with Crippen LogP contribution in [0, 0.1) is 16.2 Å². The molecular formula is C16H20O8. The molecule has 24 heavy (non-hydrogen) atoms. The fraction of sp³-hybridized carbons (Fsp3) is 0.812. The predicted molar refractivity (Wildman–Crippen MR) is 75.2 cm³/mol. The summed E-state index contributed by atoms with van der Waals surface area (Å²) in [7, 11) is 1.46. The molecule has 0 aromatic carbocycles. The van der Waals surface area contributed by atoms with Crippen LogP contribution in [0.3, 0.4) is 0 Å². The third-order valence-corrected chi connectivity index (χ3v) is 6.51. The SMILES string of the molecule is COC1(C(C)(C)C)CC2OC(=O)CC23C(=O)OC2OC(=O)C(O)C231. The van der Waals surface area contributed by atoms with Gasteiger partial charge in [0.1, 0.15) is 16.9 Å². The smallest absolute Gasteiger partial charge is 0.339 e. The van der Waals surface area contributed by atoms with Gasteiger partial charge in [-0.2, -0.15) is 0 Å². The summed E-state index contributed by atoms with van der Waals surface area (Å²) in [5.74, 6) is -2.11. The molecule has 8 nitrogen and oxygen atoms in total. The molecule has 6 unspecified atom stereocenters. The van der Waals surface area contributed by atoms with Crippen LogP contribution in [0.5, 0.6) is 0 Å². The van der Waals surface area contributed by atoms with Crippen molar-refractivity contribution in [1.29, 1.82) is 0 Å². The number of aliphatic hydroxyl groups is 1. The van der Waals surface area contributed by atoms with Gasteiger partial charge in [-0.25, -0.2) is 4.79 Å². The number of hydrogen-bond donors (Lipinski definition) is 1. The summed E-state index contributed by atoms with van der Waals surface area (Å²) < 4.78 is 21.8. The Kier molecular flexibility index (Phi) is 2.71. The molecule has 6 atom stereocenters. The first-order chi connectivity index (χ1) is 11.1. The highest BCUT2D eigenvalue weighted by Crippen LogP contribution is 2.76. The van der Waals surface area contributed by atoms with Crippen LogP contribution in [0.2, 0.25) is 0 Å². The van der Waals surface area contributed by atoms with Crippen LogP contribution >= 0.6 is 0 Å². The molecule has 132 valence electrons. The molecule has 0 aromatic heterocycles. The van der Waals surface area contributed by atoms with E-state index in [4.69, 9.17) is 18.9 Å². The van der Waals surface area contributed by atoms with Crippen molar-refractivity contribution in [2.45, 2.75) is 57.7 Å². The van der Waals surface area contributed by atoms with E-state index in [1.165, 1.54) is 7.11 Å². The lowest BCUT2D eigenvalue weighted by molar-refractivity contribution is -0.237. The summed E-state index contributed by atoms with van der Waals surface area (Å²) in [4.78, 5) is 37.0. The first kappa shape index (κ1) is 15.8. The maximum Gasteiger partial charge on any atom is 0.339 e. The lowest BCUT2D eigenvalue weighted by atomic mass is 9.52. The Morgan fingerprint density at radius 3 is 2.42 bits per heavy atom. The van der Waals surface area contributed by atoms with Gasteiger partial charge in [-0.15, -0.1) is 0 Å². The first-order valence-corrected chi connectivity index (χ1v) is 7.93. The molecule has 0 bridgehead atoms. The molecule has 0 radical (unpaired) electrons. The predicted octanol–water partition coefficient (Wildman–Crippen LogP) is -0.0897. The second-order valence-electron chi connectivity index (χ2n) is 8.06. The normalized spacial score (nSPS) is 49.4. The van der Waals surface area contributed by atoms with Gasteiger partial charge in [0.15, 0.2) is 6.10 Å². The van der Waals surface area contributed by atoms with Gasteiger partial charge in [-0.05, 0) is 5.41 Å². The van der Waals surface area contributed by atoms with Gasteiger partial charge in [-0.1, -0.05) is 20.8 Å². The third-order valence-electron chi connectivity index (χ3n) is 6.51. The Morgan fingerprint density at radius 1 is 1.17 bits per heavy atom. The van der Waals surface area contributed by atoms with Crippen LogP contribution in [0.15, 0.2) is 0 Å². The zero-order chi connectivity index (χ0) is 17.7. The van der Waals surface area contributed by atoms with Crippen LogP contribution in [-0.4, -0.2) is 54.2 Å². The zero-order valence-electron chi connectivity index (χ0n) is 14.0. The number of hydrogen-bond acceptors (Lipinski definition) is 8. The Labute approximate surface area is 138 Å². The average Bonchev–Trinajstić information content (AvgIpc) is 3.07. The summed E-state index contributed by atoms with van der Waals surface area (Å²) >= 11 is 0. The van der Waals surface area contributed by atoms with Gasteiger partial charge in [0, 0.05) is 13.5 Å². The Hall–Kier alpha value is -1.67. The standard InChI is InChI=1S/C16H20O8/c1-13(2,3)15(21-4)5-7-14(6-8(17)22-7)11(20)24-12-16(14,15)9(18)10(19)23-12/h7,9,12,18H,5-6H2,1-4H3. The number of methoxy groups -OCH3 is 1. The van der Waals surface area contributed by atoms with E-state index in [0.717, 1.165) is 0 Å². The van der Waals surface area contributed by atoms with E-state index in [-0.39, 0.29) is 12.8 Å². The Balaban J connectivity index is 2.07. The number of aliphatic hydroxyl groups excluding tert-OH is 1. The van der Waals surface area contributed by atoms with E-state index in [0.29, 0.717) is 0 Å². The minimum absolute atomic E-state index is 0.179. The van der Waals surface area contributed by atoms with Gasteiger partial charge < -0.3 is 24.1 Å². The van der Waals surface area contributed by atoms with E-state index in [1.54, 1.807) is 0 Å². The van der Waals surface area contributed by atoms with E-state index in [2.05, 4.69) is 0 Å². The van der Waals surface area contributed by atoms with E-state index < -0.39 is 58.3 Å². The quantitative estimate of drug-likeness (QED) is 0.660. The Morgan fingerprint density at radius 2 is 1.83 bits per heavy atom. The third kappa shape index (κ3) is 1.24. The highest BCUT2D eigenvalue weighted by Gasteiger charge is 2.93. The van der Waals surface area contributed by atoms with Crippen molar-refractivity contribution in [1.82, 2.24) is 0 Å². The average molecular weight is 340 g/mol. The highest BCUT2D eigenvalue weighted by molar-refractivity contribution is 5.94. The summed E-state index contributed by atoms with van der Waals surface area (Å²) in [6.45, 7) is 5.66. The summed E-state index contributed by atoms with van der Waals surface area (Å²) in [5, 5.41) is 10.9. The summed E-state index contributed by atoms with van der Waals surface area (Å²) in [5.41, 5.74) is -4.78. The molecule has 0 aromatic rings. The molecule has 3 saturated heterocycles. The minimum Gasteiger partial charge on any atom is -0.461 e. The first-order valence-electron chi connectivity index (χ1n) is 7.93. The molecule has 0 amide bonds. The van der Waals surface area contributed by atoms with Crippen molar-refractivity contribution >= 4 is 17.9 Å². The monoisotopic (exact) mass is 340 g/mol.